The van der Waals surface area contributed by atoms with Crippen molar-refractivity contribution in [1.29, 1.82) is 0 Å². The van der Waals surface area contributed by atoms with Crippen molar-refractivity contribution in [1.82, 2.24) is 9.21 Å². The van der Waals surface area contributed by atoms with Crippen molar-refractivity contribution in [2.75, 3.05) is 26.8 Å². The van der Waals surface area contributed by atoms with Gasteiger partial charge in [-0.1, -0.05) is 29.8 Å². The molecule has 0 saturated heterocycles. The van der Waals surface area contributed by atoms with Crippen molar-refractivity contribution >= 4 is 27.3 Å². The summed E-state index contributed by atoms with van der Waals surface area (Å²) in [6.07, 6.45) is 0.726. The van der Waals surface area contributed by atoms with E-state index in [0.29, 0.717) is 18.0 Å². The van der Waals surface area contributed by atoms with Gasteiger partial charge in [-0.15, -0.1) is 11.3 Å². The van der Waals surface area contributed by atoms with E-state index in [2.05, 4.69) is 0 Å². The van der Waals surface area contributed by atoms with E-state index in [1.807, 2.05) is 63.4 Å². The fourth-order valence-electron chi connectivity index (χ4n) is 4.52. The van der Waals surface area contributed by atoms with Gasteiger partial charge in [0.2, 0.25) is 15.9 Å². The number of hydrogen-bond acceptors (Lipinski definition) is 6. The first-order valence-corrected chi connectivity index (χ1v) is 14.6. The van der Waals surface area contributed by atoms with Crippen molar-refractivity contribution in [3.63, 3.8) is 0 Å². The monoisotopic (exact) mass is 542 g/mol. The van der Waals surface area contributed by atoms with Crippen molar-refractivity contribution in [3.8, 4) is 11.5 Å². The number of methoxy groups -OCH3 is 1. The highest BCUT2D eigenvalue weighted by atomic mass is 32.2. The molecule has 1 aliphatic rings. The summed E-state index contributed by atoms with van der Waals surface area (Å²) in [6.45, 7) is 7.80. The summed E-state index contributed by atoms with van der Waals surface area (Å²) in [4.78, 5) is 17.0. The largest absolute Gasteiger partial charge is 0.493 e. The molecule has 1 aliphatic heterocycles. The van der Waals surface area contributed by atoms with Crippen LogP contribution in [0.3, 0.4) is 0 Å². The van der Waals surface area contributed by atoms with Gasteiger partial charge in [-0.25, -0.2) is 8.42 Å². The average molecular weight is 543 g/mol. The Bertz CT molecular complexity index is 1340. The predicted octanol–water partition coefficient (Wildman–Crippen LogP) is 5.06. The zero-order chi connectivity index (χ0) is 26.8. The summed E-state index contributed by atoms with van der Waals surface area (Å²) in [6, 6.07) is 15.8. The van der Waals surface area contributed by atoms with Crippen LogP contribution in [0.2, 0.25) is 0 Å². The van der Waals surface area contributed by atoms with Gasteiger partial charge >= 0.3 is 0 Å². The lowest BCUT2D eigenvalue weighted by atomic mass is 10.00. The molecular weight excluding hydrogens is 508 g/mol. The van der Waals surface area contributed by atoms with Gasteiger partial charge in [0.15, 0.2) is 11.5 Å². The summed E-state index contributed by atoms with van der Waals surface area (Å²) in [5.41, 5.74) is 1.21. The highest BCUT2D eigenvalue weighted by Gasteiger charge is 2.39. The zero-order valence-electron chi connectivity index (χ0n) is 21.9. The maximum absolute atomic E-state index is 13.8. The van der Waals surface area contributed by atoms with Crippen LogP contribution in [0.1, 0.15) is 42.8 Å². The average Bonchev–Trinajstić information content (AvgIpc) is 3.34. The van der Waals surface area contributed by atoms with Gasteiger partial charge in [-0.2, -0.15) is 4.31 Å². The first kappa shape index (κ1) is 27.2. The van der Waals surface area contributed by atoms with E-state index in [0.717, 1.165) is 17.5 Å². The Morgan fingerprint density at radius 3 is 2.41 bits per heavy atom. The standard InChI is InChI=1S/C28H34N2O5S2/c1-20-10-12-21(13-11-20)37(32,33)30(28(2,3)4)18-27(31)29-16-14-26-22(15-17-36-26)23(29)19-35-25-9-7-6-8-24(25)34-5/h6-13,15,17,23H,14,16,18-19H2,1-5H3. The molecule has 1 amide bonds. The van der Waals surface area contributed by atoms with Crippen LogP contribution in [-0.2, 0) is 21.2 Å². The molecule has 1 unspecified atom stereocenters. The van der Waals surface area contributed by atoms with Crippen molar-refractivity contribution in [3.05, 3.63) is 76.0 Å². The molecule has 0 saturated carbocycles. The lowest BCUT2D eigenvalue weighted by Gasteiger charge is -2.39. The van der Waals surface area contributed by atoms with E-state index in [4.69, 9.17) is 9.47 Å². The Balaban J connectivity index is 1.61. The SMILES string of the molecule is COc1ccccc1OCC1c2ccsc2CCN1C(=O)CN(C(C)(C)C)S(=O)(=O)c1ccc(C)cc1. The number of carbonyl (C=O) groups is 1. The third kappa shape index (κ3) is 5.84. The fourth-order valence-corrected chi connectivity index (χ4v) is 7.18. The van der Waals surface area contributed by atoms with Gasteiger partial charge in [-0.05, 0) is 75.4 Å². The molecule has 0 radical (unpaired) electrons. The van der Waals surface area contributed by atoms with E-state index >= 15 is 0 Å². The van der Waals surface area contributed by atoms with Crippen molar-refractivity contribution in [2.24, 2.45) is 0 Å². The van der Waals surface area contributed by atoms with Gasteiger partial charge in [-0.3, -0.25) is 4.79 Å². The third-order valence-electron chi connectivity index (χ3n) is 6.52. The number of rotatable bonds is 8. The minimum atomic E-state index is -3.90. The fraction of sp³-hybridized carbons (Fsp3) is 0.393. The topological polar surface area (TPSA) is 76.2 Å². The number of sulfonamides is 1. The lowest BCUT2D eigenvalue weighted by molar-refractivity contribution is -0.135. The second kappa shape index (κ2) is 10.8. The first-order valence-electron chi connectivity index (χ1n) is 12.2. The van der Waals surface area contributed by atoms with Crippen LogP contribution < -0.4 is 9.47 Å². The molecule has 2 aromatic carbocycles. The van der Waals surface area contributed by atoms with E-state index in [9.17, 15) is 13.2 Å². The number of thiophene rings is 1. The number of nitrogens with zero attached hydrogens (tertiary/aromatic N) is 2. The number of ether oxygens (including phenoxy) is 2. The van der Waals surface area contributed by atoms with E-state index < -0.39 is 15.6 Å². The summed E-state index contributed by atoms with van der Waals surface area (Å²) in [7, 11) is -2.31. The highest BCUT2D eigenvalue weighted by Crippen LogP contribution is 2.36. The second-order valence-electron chi connectivity index (χ2n) is 10.1. The van der Waals surface area contributed by atoms with Crippen LogP contribution in [0.5, 0.6) is 11.5 Å². The molecule has 3 aromatic rings. The van der Waals surface area contributed by atoms with E-state index in [1.54, 1.807) is 47.6 Å². The number of hydrogen-bond donors (Lipinski definition) is 0. The molecule has 198 valence electrons. The summed E-state index contributed by atoms with van der Waals surface area (Å²) >= 11 is 1.67. The second-order valence-corrected chi connectivity index (χ2v) is 13.0. The Hall–Kier alpha value is -2.88. The minimum Gasteiger partial charge on any atom is -0.493 e. The molecular formula is C28H34N2O5S2. The quantitative estimate of drug-likeness (QED) is 0.398. The van der Waals surface area contributed by atoms with Gasteiger partial charge in [0.05, 0.1) is 24.6 Å². The number of carbonyl (C=O) groups excluding carboxylic acids is 1. The van der Waals surface area contributed by atoms with Crippen LogP contribution >= 0.6 is 11.3 Å². The number of benzene rings is 2. The smallest absolute Gasteiger partial charge is 0.244 e. The van der Waals surface area contributed by atoms with Crippen LogP contribution in [-0.4, -0.2) is 55.9 Å². The molecule has 0 N–H and O–H groups in total. The predicted molar refractivity (Wildman–Crippen MR) is 146 cm³/mol. The van der Waals surface area contributed by atoms with E-state index in [-0.39, 0.29) is 30.0 Å². The zero-order valence-corrected chi connectivity index (χ0v) is 23.6. The third-order valence-corrected chi connectivity index (χ3v) is 9.64. The van der Waals surface area contributed by atoms with Gasteiger partial charge in [0, 0.05) is 17.0 Å². The van der Waals surface area contributed by atoms with Crippen LogP contribution in [0.25, 0.3) is 0 Å². The van der Waals surface area contributed by atoms with Gasteiger partial charge < -0.3 is 14.4 Å². The molecule has 9 heteroatoms. The van der Waals surface area contributed by atoms with E-state index in [1.165, 1.54) is 9.18 Å². The number of amides is 1. The molecule has 0 fully saturated rings. The van der Waals surface area contributed by atoms with Gasteiger partial charge in [0.1, 0.15) is 6.61 Å². The summed E-state index contributed by atoms with van der Waals surface area (Å²) < 4.78 is 40.2. The first-order chi connectivity index (χ1) is 17.5. The van der Waals surface area contributed by atoms with Crippen LogP contribution in [0.4, 0.5) is 0 Å². The maximum atomic E-state index is 13.8. The maximum Gasteiger partial charge on any atom is 0.244 e. The highest BCUT2D eigenvalue weighted by molar-refractivity contribution is 7.89. The molecule has 0 spiro atoms. The Morgan fingerprint density at radius 1 is 1.08 bits per heavy atom. The lowest BCUT2D eigenvalue weighted by Crippen LogP contribution is -2.52. The molecule has 0 bridgehead atoms. The Morgan fingerprint density at radius 2 is 1.76 bits per heavy atom. The molecule has 0 aliphatic carbocycles. The summed E-state index contributed by atoms with van der Waals surface area (Å²) in [5.74, 6) is 0.957. The molecule has 1 aromatic heterocycles. The minimum absolute atomic E-state index is 0.177. The number of fused-ring (bicyclic) bond motifs is 1. The van der Waals surface area contributed by atoms with Crippen molar-refractivity contribution in [2.45, 2.75) is 50.6 Å². The van der Waals surface area contributed by atoms with Crippen LogP contribution in [0.15, 0.2) is 64.9 Å². The molecule has 4 rings (SSSR count). The van der Waals surface area contributed by atoms with Gasteiger partial charge in [0.25, 0.3) is 0 Å². The molecule has 37 heavy (non-hydrogen) atoms. The number of para-hydroxylation sites is 2. The molecule has 1 atom stereocenters. The molecule has 7 nitrogen and oxygen atoms in total. The number of aryl methyl sites for hydroxylation is 1. The summed E-state index contributed by atoms with van der Waals surface area (Å²) in [5, 5.41) is 2.03. The Kier molecular flexibility index (Phi) is 7.96. The van der Waals surface area contributed by atoms with Crippen LogP contribution in [0, 0.1) is 6.92 Å². The molecule has 2 heterocycles. The Labute approximate surface area is 223 Å². The normalized spacial score (nSPS) is 15.9. The van der Waals surface area contributed by atoms with Crippen molar-refractivity contribution < 1.29 is 22.7 Å².